The quantitative estimate of drug-likeness (QED) is 0.0849. The molecule has 3 aromatic carbocycles. The lowest BCUT2D eigenvalue weighted by Crippen LogP contribution is -2.47. The van der Waals surface area contributed by atoms with Gasteiger partial charge in [-0.05, 0) is 70.6 Å². The number of benzene rings is 3. The maximum absolute atomic E-state index is 12.6. The van der Waals surface area contributed by atoms with Gasteiger partial charge in [0.15, 0.2) is 6.79 Å². The van der Waals surface area contributed by atoms with Gasteiger partial charge in [0.1, 0.15) is 22.8 Å². The van der Waals surface area contributed by atoms with Crippen LogP contribution in [0.3, 0.4) is 0 Å². The highest BCUT2D eigenvalue weighted by Crippen LogP contribution is 2.45. The summed E-state index contributed by atoms with van der Waals surface area (Å²) in [5, 5.41) is 12.6. The largest absolute Gasteiger partial charge is 0.497 e. The topological polar surface area (TPSA) is 66.4 Å². The van der Waals surface area contributed by atoms with E-state index in [-0.39, 0.29) is 6.79 Å². The van der Waals surface area contributed by atoms with Gasteiger partial charge in [-0.25, -0.2) is 0 Å². The lowest BCUT2D eigenvalue weighted by molar-refractivity contribution is 0.0187. The predicted molar refractivity (Wildman–Crippen MR) is 167 cm³/mol. The maximum Gasteiger partial charge on any atom is 0.200 e. The Morgan fingerprint density at radius 2 is 1.22 bits per heavy atom. The molecular formula is C34H48O6Si. The van der Waals surface area contributed by atoms with Crippen molar-refractivity contribution in [2.75, 3.05) is 27.6 Å². The van der Waals surface area contributed by atoms with Crippen LogP contribution in [0.4, 0.5) is 0 Å². The number of hydrogen-bond donors (Lipinski definition) is 1. The van der Waals surface area contributed by atoms with E-state index >= 15 is 0 Å². The van der Waals surface area contributed by atoms with Crippen LogP contribution in [0.5, 0.6) is 17.2 Å². The van der Waals surface area contributed by atoms with Crippen LogP contribution in [0.25, 0.3) is 0 Å². The number of hydrogen-bond acceptors (Lipinski definition) is 6. The number of aliphatic hydroxyl groups is 1. The molecule has 0 aliphatic rings. The summed E-state index contributed by atoms with van der Waals surface area (Å²) in [5.41, 5.74) is 2.87. The fourth-order valence-corrected chi connectivity index (χ4v) is 11.5. The molecule has 0 heterocycles. The van der Waals surface area contributed by atoms with E-state index < -0.39 is 13.9 Å². The molecule has 0 aromatic heterocycles. The van der Waals surface area contributed by atoms with Gasteiger partial charge >= 0.3 is 0 Å². The summed E-state index contributed by atoms with van der Waals surface area (Å²) >= 11 is 0. The monoisotopic (exact) mass is 580 g/mol. The van der Waals surface area contributed by atoms with Crippen LogP contribution in [0.2, 0.25) is 16.6 Å². The van der Waals surface area contributed by atoms with Crippen LogP contribution in [0.1, 0.15) is 70.7 Å². The minimum atomic E-state index is -2.07. The average Bonchev–Trinajstić information content (AvgIpc) is 2.97. The zero-order valence-corrected chi connectivity index (χ0v) is 27.2. The molecule has 0 saturated heterocycles. The molecule has 224 valence electrons. The summed E-state index contributed by atoms with van der Waals surface area (Å²) in [7, 11) is 1.18. The highest BCUT2D eigenvalue weighted by Gasteiger charge is 2.45. The van der Waals surface area contributed by atoms with Crippen molar-refractivity contribution < 1.29 is 28.5 Å². The van der Waals surface area contributed by atoms with E-state index in [4.69, 9.17) is 23.4 Å². The Bertz CT molecular complexity index is 1150. The SMILES string of the molecule is CCOCOc1cc(CO[Si](C(C)C)(C(C)C)C(C)C)ccc1C(O)(c1ccc(OC)cc1)c1ccc(OC)cc1. The van der Waals surface area contributed by atoms with E-state index in [9.17, 15) is 5.11 Å². The molecule has 0 amide bonds. The van der Waals surface area contributed by atoms with Gasteiger partial charge in [-0.3, -0.25) is 0 Å². The van der Waals surface area contributed by atoms with E-state index in [1.165, 1.54) is 0 Å². The molecule has 0 saturated carbocycles. The Kier molecular flexibility index (Phi) is 11.4. The molecule has 0 fully saturated rings. The third kappa shape index (κ3) is 6.97. The summed E-state index contributed by atoms with van der Waals surface area (Å²) in [6.45, 7) is 16.7. The molecule has 3 aromatic rings. The van der Waals surface area contributed by atoms with Crippen LogP contribution in [-0.2, 0) is 21.4 Å². The van der Waals surface area contributed by atoms with Crippen LogP contribution in [0.15, 0.2) is 66.7 Å². The lowest BCUT2D eigenvalue weighted by Gasteiger charge is -2.42. The van der Waals surface area contributed by atoms with Crippen LogP contribution < -0.4 is 14.2 Å². The van der Waals surface area contributed by atoms with Crippen molar-refractivity contribution >= 4 is 8.32 Å². The van der Waals surface area contributed by atoms with Crippen molar-refractivity contribution in [3.63, 3.8) is 0 Å². The second-order valence-electron chi connectivity index (χ2n) is 11.4. The molecule has 0 aliphatic heterocycles. The fourth-order valence-electron chi connectivity index (χ4n) is 6.11. The average molecular weight is 581 g/mol. The Morgan fingerprint density at radius 1 is 0.732 bits per heavy atom. The van der Waals surface area contributed by atoms with Crippen molar-refractivity contribution in [2.45, 2.75) is 77.3 Å². The summed E-state index contributed by atoms with van der Waals surface area (Å²) < 4.78 is 29.4. The smallest absolute Gasteiger partial charge is 0.200 e. The second-order valence-corrected chi connectivity index (χ2v) is 16.8. The van der Waals surface area contributed by atoms with Gasteiger partial charge in [0.05, 0.1) is 20.8 Å². The van der Waals surface area contributed by atoms with E-state index in [0.717, 1.165) is 5.56 Å². The first-order chi connectivity index (χ1) is 19.5. The Hall–Kier alpha value is -2.84. The summed E-state index contributed by atoms with van der Waals surface area (Å²) in [6, 6.07) is 20.8. The van der Waals surface area contributed by atoms with Crippen molar-refractivity contribution in [3.8, 4) is 17.2 Å². The first-order valence-corrected chi connectivity index (χ1v) is 16.7. The van der Waals surface area contributed by atoms with E-state index in [1.807, 2.05) is 73.7 Å². The highest BCUT2D eigenvalue weighted by molar-refractivity contribution is 6.77. The summed E-state index contributed by atoms with van der Waals surface area (Å²) in [6.07, 6.45) is 0. The molecular weight excluding hydrogens is 532 g/mol. The van der Waals surface area contributed by atoms with Crippen molar-refractivity contribution in [1.29, 1.82) is 0 Å². The molecule has 0 atom stereocenters. The third-order valence-electron chi connectivity index (χ3n) is 8.15. The van der Waals surface area contributed by atoms with Crippen molar-refractivity contribution in [2.24, 2.45) is 0 Å². The molecule has 0 bridgehead atoms. The van der Waals surface area contributed by atoms with Crippen molar-refractivity contribution in [3.05, 3.63) is 89.0 Å². The highest BCUT2D eigenvalue weighted by atomic mass is 28.4. The van der Waals surface area contributed by atoms with Gasteiger partial charge < -0.3 is 28.5 Å². The van der Waals surface area contributed by atoms with Gasteiger partial charge in [0.25, 0.3) is 0 Å². The molecule has 41 heavy (non-hydrogen) atoms. The Labute approximate surface area is 247 Å². The minimum absolute atomic E-state index is 0.0672. The molecule has 0 aliphatic carbocycles. The van der Waals surface area contributed by atoms with Crippen LogP contribution in [-0.4, -0.2) is 41.0 Å². The van der Waals surface area contributed by atoms with E-state index in [0.29, 0.717) is 63.8 Å². The minimum Gasteiger partial charge on any atom is -0.497 e. The van der Waals surface area contributed by atoms with E-state index in [2.05, 4.69) is 41.5 Å². The molecule has 3 rings (SSSR count). The standard InChI is InChI=1S/C34H48O6Si/c1-10-38-23-39-33-21-27(22-40-41(24(2)3,25(4)5)26(6)7)11-20-32(33)34(35,28-12-16-30(36-8)17-13-28)29-14-18-31(37-9)19-15-29/h11-21,24-26,35H,10,22-23H2,1-9H3. The predicted octanol–water partition coefficient (Wildman–Crippen LogP) is 8.05. The number of methoxy groups -OCH3 is 2. The van der Waals surface area contributed by atoms with Crippen molar-refractivity contribution in [1.82, 2.24) is 0 Å². The first-order valence-electron chi connectivity index (χ1n) is 14.5. The zero-order chi connectivity index (χ0) is 30.2. The van der Waals surface area contributed by atoms with Gasteiger partial charge in [0, 0.05) is 12.2 Å². The van der Waals surface area contributed by atoms with Gasteiger partial charge in [-0.2, -0.15) is 0 Å². The molecule has 7 heteroatoms. The Morgan fingerprint density at radius 3 is 1.63 bits per heavy atom. The summed E-state index contributed by atoms with van der Waals surface area (Å²) in [4.78, 5) is 0. The maximum atomic E-state index is 12.6. The molecule has 1 N–H and O–H groups in total. The lowest BCUT2D eigenvalue weighted by atomic mass is 9.79. The van der Waals surface area contributed by atoms with Gasteiger partial charge in [-0.1, -0.05) is 77.9 Å². The number of rotatable bonds is 15. The molecule has 0 spiro atoms. The first kappa shape index (κ1) is 32.7. The van der Waals surface area contributed by atoms with E-state index in [1.54, 1.807) is 14.2 Å². The number of ether oxygens (including phenoxy) is 4. The normalized spacial score (nSPS) is 12.3. The molecule has 6 nitrogen and oxygen atoms in total. The van der Waals surface area contributed by atoms with Gasteiger partial charge in [0.2, 0.25) is 8.32 Å². The van der Waals surface area contributed by atoms with Crippen LogP contribution >= 0.6 is 0 Å². The Balaban J connectivity index is 2.14. The summed E-state index contributed by atoms with van der Waals surface area (Å²) in [5.74, 6) is 1.96. The molecule has 0 unspecified atom stereocenters. The van der Waals surface area contributed by atoms with Gasteiger partial charge in [-0.15, -0.1) is 0 Å². The fraction of sp³-hybridized carbons (Fsp3) is 0.471. The zero-order valence-electron chi connectivity index (χ0n) is 26.2. The second kappa shape index (κ2) is 14.4. The third-order valence-corrected chi connectivity index (χ3v) is 14.2. The van der Waals surface area contributed by atoms with Crippen LogP contribution in [0, 0.1) is 0 Å². The molecule has 0 radical (unpaired) electrons.